The van der Waals surface area contributed by atoms with Gasteiger partial charge in [-0.15, -0.1) is 0 Å². The minimum atomic E-state index is -0.599. The molecule has 0 unspecified atom stereocenters. The van der Waals surface area contributed by atoms with Crippen LogP contribution in [0.3, 0.4) is 0 Å². The van der Waals surface area contributed by atoms with Crippen LogP contribution in [0, 0.1) is 25.5 Å². The largest absolute Gasteiger partial charge is 0.327 e. The second kappa shape index (κ2) is 10.1. The third-order valence-electron chi connectivity index (χ3n) is 6.19. The summed E-state index contributed by atoms with van der Waals surface area (Å²) in [5.41, 5.74) is 9.14. The number of rotatable bonds is 3. The number of aryl methyl sites for hydroxylation is 2. The van der Waals surface area contributed by atoms with Crippen molar-refractivity contribution in [1.29, 1.82) is 0 Å². The van der Waals surface area contributed by atoms with E-state index in [1.807, 2.05) is 33.8 Å². The van der Waals surface area contributed by atoms with Crippen LogP contribution in [0.2, 0.25) is 0 Å². The summed E-state index contributed by atoms with van der Waals surface area (Å²) in [6.45, 7) is 13.1. The minimum absolute atomic E-state index is 0.0272. The van der Waals surface area contributed by atoms with Crippen molar-refractivity contribution in [2.24, 2.45) is 5.73 Å². The lowest BCUT2D eigenvalue weighted by atomic mass is 9.98. The summed E-state index contributed by atoms with van der Waals surface area (Å²) in [7, 11) is 0. The predicted molar refractivity (Wildman–Crippen MR) is 131 cm³/mol. The summed E-state index contributed by atoms with van der Waals surface area (Å²) < 4.78 is 28.9. The topological polar surface area (TPSA) is 64.2 Å². The number of hydrogen-bond donors (Lipinski definition) is 1. The Hall–Kier alpha value is -3.06. The van der Waals surface area contributed by atoms with Crippen molar-refractivity contribution in [3.8, 4) is 11.3 Å². The van der Waals surface area contributed by atoms with Crippen LogP contribution < -0.4 is 5.73 Å². The first-order chi connectivity index (χ1) is 16.0. The van der Waals surface area contributed by atoms with Crippen molar-refractivity contribution in [1.82, 2.24) is 14.5 Å². The number of benzene rings is 2. The van der Waals surface area contributed by atoms with E-state index in [9.17, 15) is 13.6 Å². The fourth-order valence-corrected chi connectivity index (χ4v) is 4.43. The van der Waals surface area contributed by atoms with E-state index in [0.717, 1.165) is 22.6 Å². The first-order valence-electron chi connectivity index (χ1n) is 11.6. The molecule has 1 aliphatic rings. The summed E-state index contributed by atoms with van der Waals surface area (Å²) in [6, 6.07) is 11.6. The van der Waals surface area contributed by atoms with Gasteiger partial charge in [-0.25, -0.2) is 13.8 Å². The van der Waals surface area contributed by atoms with E-state index in [1.54, 1.807) is 23.1 Å². The monoisotopic (exact) mass is 468 g/mol. The van der Waals surface area contributed by atoms with Gasteiger partial charge < -0.3 is 15.2 Å². The van der Waals surface area contributed by atoms with Gasteiger partial charge in [-0.05, 0) is 63.4 Å². The SMILES string of the molecule is Cc1ccc(-c2nc3n(c2C(C)C)CCN(C(=O)CN)C3(C)C)c(F)c1.Cc1ccc(F)cc1. The lowest BCUT2D eigenvalue weighted by Gasteiger charge is -2.42. The van der Waals surface area contributed by atoms with E-state index >= 15 is 0 Å². The average molecular weight is 469 g/mol. The molecule has 0 saturated heterocycles. The van der Waals surface area contributed by atoms with E-state index in [0.29, 0.717) is 24.3 Å². The van der Waals surface area contributed by atoms with E-state index < -0.39 is 5.54 Å². The number of amides is 1. The van der Waals surface area contributed by atoms with Crippen LogP contribution in [0.15, 0.2) is 42.5 Å². The molecule has 2 N–H and O–H groups in total. The number of fused-ring (bicyclic) bond motifs is 1. The Balaban J connectivity index is 0.000000343. The van der Waals surface area contributed by atoms with Crippen LogP contribution in [0.1, 0.15) is 56.3 Å². The smallest absolute Gasteiger partial charge is 0.237 e. The van der Waals surface area contributed by atoms with Crippen LogP contribution in [-0.4, -0.2) is 33.4 Å². The molecule has 4 rings (SSSR count). The zero-order valence-electron chi connectivity index (χ0n) is 20.8. The van der Waals surface area contributed by atoms with Crippen molar-refractivity contribution < 1.29 is 13.6 Å². The van der Waals surface area contributed by atoms with Crippen molar-refractivity contribution in [3.63, 3.8) is 0 Å². The quantitative estimate of drug-likeness (QED) is 0.568. The Morgan fingerprint density at radius 3 is 2.21 bits per heavy atom. The number of aromatic nitrogens is 2. The van der Waals surface area contributed by atoms with Crippen molar-refractivity contribution in [3.05, 3.63) is 76.7 Å². The van der Waals surface area contributed by atoms with Gasteiger partial charge in [0.1, 0.15) is 17.5 Å². The second-order valence-corrected chi connectivity index (χ2v) is 9.56. The molecule has 7 heteroatoms. The van der Waals surface area contributed by atoms with E-state index in [-0.39, 0.29) is 30.0 Å². The number of imidazole rings is 1. The van der Waals surface area contributed by atoms with Gasteiger partial charge in [-0.3, -0.25) is 4.79 Å². The summed E-state index contributed by atoms with van der Waals surface area (Å²) in [5, 5.41) is 0. The number of hydrogen-bond acceptors (Lipinski definition) is 3. The molecule has 2 aromatic carbocycles. The first kappa shape index (κ1) is 25.6. The zero-order valence-corrected chi connectivity index (χ0v) is 20.8. The van der Waals surface area contributed by atoms with Crippen molar-refractivity contribution in [2.45, 2.75) is 59.5 Å². The van der Waals surface area contributed by atoms with Crippen molar-refractivity contribution >= 4 is 5.91 Å². The highest BCUT2D eigenvalue weighted by Crippen LogP contribution is 2.39. The van der Waals surface area contributed by atoms with Gasteiger partial charge in [0, 0.05) is 24.3 Å². The fourth-order valence-electron chi connectivity index (χ4n) is 4.43. The summed E-state index contributed by atoms with van der Waals surface area (Å²) >= 11 is 0. The molecule has 1 amide bonds. The lowest BCUT2D eigenvalue weighted by Crippen LogP contribution is -2.53. The summed E-state index contributed by atoms with van der Waals surface area (Å²) in [6.07, 6.45) is 0. The van der Waals surface area contributed by atoms with Gasteiger partial charge in [0.05, 0.1) is 17.8 Å². The molecule has 0 fully saturated rings. The van der Waals surface area contributed by atoms with Gasteiger partial charge in [0.15, 0.2) is 0 Å². The molecule has 0 aliphatic carbocycles. The zero-order chi connectivity index (χ0) is 25.2. The second-order valence-electron chi connectivity index (χ2n) is 9.56. The van der Waals surface area contributed by atoms with Crippen LogP contribution in [-0.2, 0) is 16.9 Å². The van der Waals surface area contributed by atoms with Crippen LogP contribution >= 0.6 is 0 Å². The molecule has 34 heavy (non-hydrogen) atoms. The molecule has 2 heterocycles. The molecule has 0 bridgehead atoms. The number of halogens is 2. The normalized spacial score (nSPS) is 14.5. The number of nitrogens with two attached hydrogens (primary N) is 1. The Labute approximate surface area is 200 Å². The number of carbonyl (C=O) groups is 1. The van der Waals surface area contributed by atoms with Gasteiger partial charge in [0.25, 0.3) is 0 Å². The Bertz CT molecular complexity index is 1150. The molecular weight excluding hydrogens is 434 g/mol. The van der Waals surface area contributed by atoms with Crippen molar-refractivity contribution in [2.75, 3.05) is 13.1 Å². The standard InChI is InChI=1S/C20H27FN4O.C7H7F/c1-12(2)18-17(14-7-6-13(3)10-15(14)21)23-19-20(4,5)25(16(26)11-22)9-8-24(18)19;1-6-2-4-7(8)5-3-6/h6-7,10,12H,8-9,11,22H2,1-5H3;2-5H,1H3. The Kier molecular flexibility index (Phi) is 7.56. The molecule has 182 valence electrons. The Morgan fingerprint density at radius 1 is 1.06 bits per heavy atom. The molecule has 0 saturated carbocycles. The number of carbonyl (C=O) groups excluding carboxylic acids is 1. The maximum Gasteiger partial charge on any atom is 0.237 e. The molecular formula is C27H34F2N4O. The van der Waals surface area contributed by atoms with Crippen LogP contribution in [0.25, 0.3) is 11.3 Å². The van der Waals surface area contributed by atoms with E-state index in [1.165, 1.54) is 18.2 Å². The molecule has 1 aliphatic heterocycles. The average Bonchev–Trinajstić information content (AvgIpc) is 3.17. The molecule has 1 aromatic heterocycles. The van der Waals surface area contributed by atoms with Gasteiger partial charge in [0.2, 0.25) is 5.91 Å². The summed E-state index contributed by atoms with van der Waals surface area (Å²) in [5.74, 6) is 0.424. The molecule has 0 spiro atoms. The highest BCUT2D eigenvalue weighted by atomic mass is 19.1. The van der Waals surface area contributed by atoms with Gasteiger partial charge in [-0.2, -0.15) is 0 Å². The highest BCUT2D eigenvalue weighted by molar-refractivity contribution is 5.79. The lowest BCUT2D eigenvalue weighted by molar-refractivity contribution is -0.137. The third-order valence-corrected chi connectivity index (χ3v) is 6.19. The highest BCUT2D eigenvalue weighted by Gasteiger charge is 2.41. The maximum absolute atomic E-state index is 14.7. The number of nitrogens with zero attached hydrogens (tertiary/aromatic N) is 3. The fraction of sp³-hybridized carbons (Fsp3) is 0.407. The summed E-state index contributed by atoms with van der Waals surface area (Å²) in [4.78, 5) is 18.9. The van der Waals surface area contributed by atoms with E-state index in [2.05, 4.69) is 18.4 Å². The van der Waals surface area contributed by atoms with Gasteiger partial charge in [-0.1, -0.05) is 37.6 Å². The third kappa shape index (κ3) is 5.04. The van der Waals surface area contributed by atoms with Crippen LogP contribution in [0.4, 0.5) is 8.78 Å². The molecule has 3 aromatic rings. The predicted octanol–water partition coefficient (Wildman–Crippen LogP) is 5.29. The van der Waals surface area contributed by atoms with E-state index in [4.69, 9.17) is 10.7 Å². The molecule has 0 atom stereocenters. The minimum Gasteiger partial charge on any atom is -0.327 e. The van der Waals surface area contributed by atoms with Gasteiger partial charge >= 0.3 is 0 Å². The van der Waals surface area contributed by atoms with Crippen LogP contribution in [0.5, 0.6) is 0 Å². The first-order valence-corrected chi connectivity index (χ1v) is 11.6. The Morgan fingerprint density at radius 2 is 1.68 bits per heavy atom. The molecule has 5 nitrogen and oxygen atoms in total. The molecule has 0 radical (unpaired) electrons. The maximum atomic E-state index is 14.7.